The SMILES string of the molecule is Cn1c(-c2ccccc2O)cnc1C=O. The number of para-hydroxylation sites is 1. The topological polar surface area (TPSA) is 55.1 Å². The molecule has 0 aliphatic heterocycles. The number of carbonyl (C=O) groups excluding carboxylic acids is 1. The van der Waals surface area contributed by atoms with Crippen LogP contribution in [0.3, 0.4) is 0 Å². The summed E-state index contributed by atoms with van der Waals surface area (Å²) < 4.78 is 1.64. The maximum Gasteiger partial charge on any atom is 0.185 e. The van der Waals surface area contributed by atoms with Crippen molar-refractivity contribution < 1.29 is 9.90 Å². The molecule has 1 aromatic heterocycles. The van der Waals surface area contributed by atoms with E-state index in [0.29, 0.717) is 17.7 Å². The van der Waals surface area contributed by atoms with E-state index >= 15 is 0 Å². The number of rotatable bonds is 2. The van der Waals surface area contributed by atoms with Crippen LogP contribution in [0.2, 0.25) is 0 Å². The van der Waals surface area contributed by atoms with Gasteiger partial charge in [-0.15, -0.1) is 0 Å². The predicted octanol–water partition coefficient (Wildman–Crippen LogP) is 1.61. The lowest BCUT2D eigenvalue weighted by atomic mass is 10.1. The third-order valence-electron chi connectivity index (χ3n) is 2.31. The summed E-state index contributed by atoms with van der Waals surface area (Å²) >= 11 is 0. The number of aromatic nitrogens is 2. The van der Waals surface area contributed by atoms with Gasteiger partial charge in [-0.05, 0) is 12.1 Å². The fourth-order valence-electron chi connectivity index (χ4n) is 1.47. The molecule has 0 bridgehead atoms. The number of hydrogen-bond acceptors (Lipinski definition) is 3. The van der Waals surface area contributed by atoms with Crippen LogP contribution in [0.5, 0.6) is 5.75 Å². The molecule has 0 saturated carbocycles. The molecule has 0 aliphatic carbocycles. The van der Waals surface area contributed by atoms with Gasteiger partial charge in [0, 0.05) is 12.6 Å². The van der Waals surface area contributed by atoms with Gasteiger partial charge in [-0.25, -0.2) is 4.98 Å². The molecule has 2 rings (SSSR count). The van der Waals surface area contributed by atoms with E-state index in [2.05, 4.69) is 4.98 Å². The summed E-state index contributed by atoms with van der Waals surface area (Å²) in [7, 11) is 1.73. The number of carbonyl (C=O) groups is 1. The minimum atomic E-state index is 0.179. The van der Waals surface area contributed by atoms with E-state index in [-0.39, 0.29) is 5.75 Å². The molecular formula is C11H10N2O2. The molecule has 0 saturated heterocycles. The van der Waals surface area contributed by atoms with E-state index < -0.39 is 0 Å². The molecule has 4 heteroatoms. The highest BCUT2D eigenvalue weighted by molar-refractivity contribution is 5.74. The molecule has 4 nitrogen and oxygen atoms in total. The number of imidazole rings is 1. The third-order valence-corrected chi connectivity index (χ3v) is 2.31. The molecule has 2 aromatic rings. The Morgan fingerprint density at radius 3 is 2.73 bits per heavy atom. The van der Waals surface area contributed by atoms with Crippen molar-refractivity contribution >= 4 is 6.29 Å². The van der Waals surface area contributed by atoms with Crippen molar-refractivity contribution in [2.45, 2.75) is 0 Å². The number of nitrogens with zero attached hydrogens (tertiary/aromatic N) is 2. The molecule has 15 heavy (non-hydrogen) atoms. The van der Waals surface area contributed by atoms with Crippen molar-refractivity contribution in [3.63, 3.8) is 0 Å². The van der Waals surface area contributed by atoms with Gasteiger partial charge in [0.25, 0.3) is 0 Å². The monoisotopic (exact) mass is 202 g/mol. The van der Waals surface area contributed by atoms with Crippen LogP contribution in [0.1, 0.15) is 10.6 Å². The number of hydrogen-bond donors (Lipinski definition) is 1. The normalized spacial score (nSPS) is 10.2. The van der Waals surface area contributed by atoms with Crippen molar-refractivity contribution in [1.82, 2.24) is 9.55 Å². The Labute approximate surface area is 86.8 Å². The van der Waals surface area contributed by atoms with Gasteiger partial charge in [-0.3, -0.25) is 4.79 Å². The van der Waals surface area contributed by atoms with E-state index in [4.69, 9.17) is 0 Å². The molecular weight excluding hydrogens is 192 g/mol. The molecule has 0 amide bonds. The lowest BCUT2D eigenvalue weighted by Crippen LogP contribution is -1.97. The molecule has 0 aliphatic rings. The van der Waals surface area contributed by atoms with Crippen LogP contribution in [0.15, 0.2) is 30.5 Å². The highest BCUT2D eigenvalue weighted by Gasteiger charge is 2.10. The van der Waals surface area contributed by atoms with Crippen molar-refractivity contribution in [3.8, 4) is 17.0 Å². The Morgan fingerprint density at radius 1 is 1.40 bits per heavy atom. The largest absolute Gasteiger partial charge is 0.507 e. The fourth-order valence-corrected chi connectivity index (χ4v) is 1.47. The van der Waals surface area contributed by atoms with E-state index in [1.165, 1.54) is 0 Å². The van der Waals surface area contributed by atoms with Crippen LogP contribution in [0, 0.1) is 0 Å². The molecule has 1 N–H and O–H groups in total. The van der Waals surface area contributed by atoms with Gasteiger partial charge in [0.05, 0.1) is 11.9 Å². The molecule has 0 unspecified atom stereocenters. The minimum Gasteiger partial charge on any atom is -0.507 e. The second-order valence-corrected chi connectivity index (χ2v) is 3.20. The van der Waals surface area contributed by atoms with E-state index in [0.717, 1.165) is 5.69 Å². The maximum absolute atomic E-state index is 10.6. The Bertz CT molecular complexity index is 503. The van der Waals surface area contributed by atoms with Gasteiger partial charge >= 0.3 is 0 Å². The van der Waals surface area contributed by atoms with Gasteiger partial charge in [-0.1, -0.05) is 12.1 Å². The predicted molar refractivity (Wildman–Crippen MR) is 55.7 cm³/mol. The Balaban J connectivity index is 2.59. The van der Waals surface area contributed by atoms with Crippen LogP contribution in [-0.2, 0) is 7.05 Å². The summed E-state index contributed by atoms with van der Waals surface area (Å²) in [6, 6.07) is 6.95. The Kier molecular flexibility index (Phi) is 2.25. The van der Waals surface area contributed by atoms with Crippen LogP contribution < -0.4 is 0 Å². The molecule has 1 aromatic carbocycles. The number of benzene rings is 1. The average Bonchev–Trinajstić information content (AvgIpc) is 2.60. The lowest BCUT2D eigenvalue weighted by Gasteiger charge is -2.04. The first-order valence-corrected chi connectivity index (χ1v) is 4.49. The van der Waals surface area contributed by atoms with E-state index in [1.807, 2.05) is 6.07 Å². The summed E-state index contributed by atoms with van der Waals surface area (Å²) in [4.78, 5) is 14.5. The molecule has 0 fully saturated rings. The number of phenolic OH excluding ortho intramolecular Hbond substituents is 1. The molecule has 1 heterocycles. The summed E-state index contributed by atoms with van der Waals surface area (Å²) in [6.45, 7) is 0. The molecule has 0 radical (unpaired) electrons. The molecule has 0 spiro atoms. The second-order valence-electron chi connectivity index (χ2n) is 3.20. The second kappa shape index (κ2) is 3.57. The van der Waals surface area contributed by atoms with E-state index in [9.17, 15) is 9.90 Å². The molecule has 0 atom stereocenters. The first-order valence-electron chi connectivity index (χ1n) is 4.49. The van der Waals surface area contributed by atoms with Crippen molar-refractivity contribution in [1.29, 1.82) is 0 Å². The van der Waals surface area contributed by atoms with Gasteiger partial charge in [-0.2, -0.15) is 0 Å². The van der Waals surface area contributed by atoms with Gasteiger partial charge in [0.1, 0.15) is 5.75 Å². The smallest absolute Gasteiger partial charge is 0.185 e. The van der Waals surface area contributed by atoms with Gasteiger partial charge in [0.15, 0.2) is 12.1 Å². The van der Waals surface area contributed by atoms with Crippen LogP contribution in [0.4, 0.5) is 0 Å². The Hall–Kier alpha value is -2.10. The third kappa shape index (κ3) is 1.50. The molecule has 76 valence electrons. The number of phenols is 1. The van der Waals surface area contributed by atoms with Crippen LogP contribution in [-0.4, -0.2) is 20.9 Å². The van der Waals surface area contributed by atoms with E-state index in [1.54, 1.807) is 36.0 Å². The zero-order valence-electron chi connectivity index (χ0n) is 8.21. The number of aldehydes is 1. The van der Waals surface area contributed by atoms with Crippen LogP contribution in [0.25, 0.3) is 11.3 Å². The van der Waals surface area contributed by atoms with Crippen molar-refractivity contribution in [2.24, 2.45) is 7.05 Å². The Morgan fingerprint density at radius 2 is 2.13 bits per heavy atom. The zero-order chi connectivity index (χ0) is 10.8. The standard InChI is InChI=1S/C11H10N2O2/c1-13-9(6-12-11(13)7-14)8-4-2-3-5-10(8)15/h2-7,15H,1H3. The summed E-state index contributed by atoms with van der Waals surface area (Å²) in [6.07, 6.45) is 2.25. The highest BCUT2D eigenvalue weighted by Crippen LogP contribution is 2.28. The highest BCUT2D eigenvalue weighted by atomic mass is 16.3. The minimum absolute atomic E-state index is 0.179. The fraction of sp³-hybridized carbons (Fsp3) is 0.0909. The van der Waals surface area contributed by atoms with Crippen molar-refractivity contribution in [3.05, 3.63) is 36.3 Å². The van der Waals surface area contributed by atoms with Gasteiger partial charge in [0.2, 0.25) is 0 Å². The maximum atomic E-state index is 10.6. The summed E-state index contributed by atoms with van der Waals surface area (Å²) in [5, 5.41) is 9.64. The quantitative estimate of drug-likeness (QED) is 0.752. The lowest BCUT2D eigenvalue weighted by molar-refractivity contribution is 0.111. The average molecular weight is 202 g/mol. The first-order chi connectivity index (χ1) is 7.24. The van der Waals surface area contributed by atoms with Gasteiger partial charge < -0.3 is 9.67 Å². The van der Waals surface area contributed by atoms with Crippen LogP contribution >= 0.6 is 0 Å². The zero-order valence-corrected chi connectivity index (χ0v) is 8.21. The van der Waals surface area contributed by atoms with Crippen molar-refractivity contribution in [2.75, 3.05) is 0 Å². The number of aromatic hydroxyl groups is 1. The first kappa shape index (κ1) is 9.45. The summed E-state index contributed by atoms with van der Waals surface area (Å²) in [5.74, 6) is 0.520. The summed E-state index contributed by atoms with van der Waals surface area (Å²) in [5.41, 5.74) is 1.39.